The zero-order valence-electron chi connectivity index (χ0n) is 19.7. The minimum Gasteiger partial charge on any atom is -0.334 e. The molecule has 1 atom stereocenters. The SMILES string of the molecule is CCCCCCCCCCCCn1ccnc1C(C)c1ccc(C(C)(C)C)cc1. The van der Waals surface area contributed by atoms with E-state index < -0.39 is 0 Å². The molecular weight excluding hydrogens is 352 g/mol. The lowest BCUT2D eigenvalue weighted by Crippen LogP contribution is -2.12. The average molecular weight is 397 g/mol. The van der Waals surface area contributed by atoms with Crippen LogP contribution in [0.1, 0.15) is 122 Å². The van der Waals surface area contributed by atoms with Crippen LogP contribution in [0.2, 0.25) is 0 Å². The molecule has 162 valence electrons. The summed E-state index contributed by atoms with van der Waals surface area (Å²) in [5.41, 5.74) is 2.95. The second kappa shape index (κ2) is 12.2. The van der Waals surface area contributed by atoms with Crippen molar-refractivity contribution in [1.29, 1.82) is 0 Å². The summed E-state index contributed by atoms with van der Waals surface area (Å²) in [4.78, 5) is 4.69. The fraction of sp³-hybridized carbons (Fsp3) is 0.667. The molecule has 1 heterocycles. The molecule has 0 saturated carbocycles. The van der Waals surface area contributed by atoms with Crippen LogP contribution in [0.5, 0.6) is 0 Å². The number of aromatic nitrogens is 2. The smallest absolute Gasteiger partial charge is 0.115 e. The predicted molar refractivity (Wildman–Crippen MR) is 127 cm³/mol. The van der Waals surface area contributed by atoms with Crippen molar-refractivity contribution in [3.8, 4) is 0 Å². The van der Waals surface area contributed by atoms with Crippen molar-refractivity contribution in [3.63, 3.8) is 0 Å². The fourth-order valence-electron chi connectivity index (χ4n) is 4.08. The van der Waals surface area contributed by atoms with E-state index in [4.69, 9.17) is 4.98 Å². The van der Waals surface area contributed by atoms with E-state index in [1.807, 2.05) is 6.20 Å². The van der Waals surface area contributed by atoms with Crippen LogP contribution in [-0.2, 0) is 12.0 Å². The van der Waals surface area contributed by atoms with Gasteiger partial charge in [0.25, 0.3) is 0 Å². The fourth-order valence-corrected chi connectivity index (χ4v) is 4.08. The summed E-state index contributed by atoms with van der Waals surface area (Å²) in [6.45, 7) is 12.5. The van der Waals surface area contributed by atoms with Gasteiger partial charge < -0.3 is 4.57 Å². The minimum absolute atomic E-state index is 0.204. The number of rotatable bonds is 13. The summed E-state index contributed by atoms with van der Waals surface area (Å²) >= 11 is 0. The molecule has 0 saturated heterocycles. The Kier molecular flexibility index (Phi) is 9.97. The summed E-state index contributed by atoms with van der Waals surface area (Å²) < 4.78 is 2.37. The Hall–Kier alpha value is -1.57. The maximum atomic E-state index is 4.69. The molecule has 0 N–H and O–H groups in total. The van der Waals surface area contributed by atoms with Gasteiger partial charge in [0.15, 0.2) is 0 Å². The van der Waals surface area contributed by atoms with Crippen molar-refractivity contribution in [3.05, 3.63) is 53.6 Å². The second-order valence-electron chi connectivity index (χ2n) is 9.75. The molecule has 2 aromatic rings. The molecule has 29 heavy (non-hydrogen) atoms. The first-order chi connectivity index (χ1) is 13.9. The van der Waals surface area contributed by atoms with Gasteiger partial charge in [0, 0.05) is 24.9 Å². The van der Waals surface area contributed by atoms with E-state index in [1.54, 1.807) is 0 Å². The van der Waals surface area contributed by atoms with E-state index in [9.17, 15) is 0 Å². The quantitative estimate of drug-likeness (QED) is 0.312. The second-order valence-corrected chi connectivity index (χ2v) is 9.75. The highest BCUT2D eigenvalue weighted by molar-refractivity contribution is 5.32. The molecule has 0 radical (unpaired) electrons. The number of hydrogen-bond donors (Lipinski definition) is 0. The van der Waals surface area contributed by atoms with Crippen molar-refractivity contribution in [2.45, 2.75) is 117 Å². The van der Waals surface area contributed by atoms with Crippen molar-refractivity contribution in [1.82, 2.24) is 9.55 Å². The molecule has 0 spiro atoms. The third-order valence-corrected chi connectivity index (χ3v) is 6.16. The number of imidazole rings is 1. The first-order valence-electron chi connectivity index (χ1n) is 12.0. The molecule has 0 aliphatic heterocycles. The summed E-state index contributed by atoms with van der Waals surface area (Å²) in [7, 11) is 0. The van der Waals surface area contributed by atoms with Crippen LogP contribution < -0.4 is 0 Å². The molecule has 2 heteroatoms. The normalized spacial score (nSPS) is 13.0. The lowest BCUT2D eigenvalue weighted by molar-refractivity contribution is 0.525. The highest BCUT2D eigenvalue weighted by Gasteiger charge is 2.17. The van der Waals surface area contributed by atoms with Crippen molar-refractivity contribution < 1.29 is 0 Å². The summed E-state index contributed by atoms with van der Waals surface area (Å²) in [5, 5.41) is 0. The first kappa shape index (κ1) is 23.7. The molecule has 2 rings (SSSR count). The van der Waals surface area contributed by atoms with Gasteiger partial charge >= 0.3 is 0 Å². The number of unbranched alkanes of at least 4 members (excludes halogenated alkanes) is 9. The Balaban J connectivity index is 1.74. The van der Waals surface area contributed by atoms with Crippen LogP contribution in [0.3, 0.4) is 0 Å². The van der Waals surface area contributed by atoms with Crippen LogP contribution in [0.15, 0.2) is 36.7 Å². The van der Waals surface area contributed by atoms with Crippen molar-refractivity contribution in [2.24, 2.45) is 0 Å². The molecule has 0 aliphatic carbocycles. The van der Waals surface area contributed by atoms with E-state index in [-0.39, 0.29) is 5.41 Å². The molecule has 0 fully saturated rings. The third kappa shape index (κ3) is 7.99. The van der Waals surface area contributed by atoms with Crippen LogP contribution in [-0.4, -0.2) is 9.55 Å². The Morgan fingerprint density at radius 3 is 1.93 bits per heavy atom. The number of nitrogens with zero attached hydrogens (tertiary/aromatic N) is 2. The molecule has 1 unspecified atom stereocenters. The predicted octanol–water partition coefficient (Wildman–Crippen LogP) is 8.25. The molecule has 1 aromatic heterocycles. The maximum absolute atomic E-state index is 4.69. The van der Waals surface area contributed by atoms with Gasteiger partial charge in [-0.3, -0.25) is 0 Å². The molecule has 2 nitrogen and oxygen atoms in total. The average Bonchev–Trinajstić information content (AvgIpc) is 3.17. The maximum Gasteiger partial charge on any atom is 0.115 e. The van der Waals surface area contributed by atoms with E-state index in [0.29, 0.717) is 5.92 Å². The molecule has 0 aliphatic rings. The van der Waals surface area contributed by atoms with Crippen molar-refractivity contribution in [2.75, 3.05) is 0 Å². The Morgan fingerprint density at radius 1 is 0.828 bits per heavy atom. The van der Waals surface area contributed by atoms with Crippen LogP contribution in [0, 0.1) is 0 Å². The van der Waals surface area contributed by atoms with Gasteiger partial charge in [-0.05, 0) is 23.0 Å². The lowest BCUT2D eigenvalue weighted by Gasteiger charge is -2.20. The first-order valence-corrected chi connectivity index (χ1v) is 12.0. The van der Waals surface area contributed by atoms with Gasteiger partial charge in [0.05, 0.1) is 0 Å². The Morgan fingerprint density at radius 2 is 1.38 bits per heavy atom. The summed E-state index contributed by atoms with van der Waals surface area (Å²) in [6, 6.07) is 9.12. The Labute approximate surface area is 180 Å². The molecule has 1 aromatic carbocycles. The number of hydrogen-bond acceptors (Lipinski definition) is 1. The van der Waals surface area contributed by atoms with E-state index in [0.717, 1.165) is 6.54 Å². The summed E-state index contributed by atoms with van der Waals surface area (Å²) in [5.74, 6) is 1.53. The molecule has 0 amide bonds. The topological polar surface area (TPSA) is 17.8 Å². The monoisotopic (exact) mass is 396 g/mol. The third-order valence-electron chi connectivity index (χ3n) is 6.16. The lowest BCUT2D eigenvalue weighted by atomic mass is 9.85. The number of aryl methyl sites for hydroxylation is 1. The zero-order valence-corrected chi connectivity index (χ0v) is 19.7. The highest BCUT2D eigenvalue weighted by atomic mass is 15.1. The highest BCUT2D eigenvalue weighted by Crippen LogP contribution is 2.27. The Bertz CT molecular complexity index is 675. The van der Waals surface area contributed by atoms with Crippen LogP contribution in [0.25, 0.3) is 0 Å². The molecule has 0 bridgehead atoms. The number of benzene rings is 1. The van der Waals surface area contributed by atoms with Gasteiger partial charge in [0.1, 0.15) is 5.82 Å². The van der Waals surface area contributed by atoms with Gasteiger partial charge in [0.2, 0.25) is 0 Å². The van der Waals surface area contributed by atoms with Crippen molar-refractivity contribution >= 4 is 0 Å². The van der Waals surface area contributed by atoms with Crippen LogP contribution in [0.4, 0.5) is 0 Å². The standard InChI is InChI=1S/C27H44N2/c1-6-7-8-9-10-11-12-13-14-15-21-29-22-20-28-26(29)23(2)24-16-18-25(19-17-24)27(3,4)5/h16-20,22-23H,6-15,21H2,1-5H3. The van der Waals surface area contributed by atoms with Gasteiger partial charge in [-0.1, -0.05) is 117 Å². The largest absolute Gasteiger partial charge is 0.334 e. The van der Waals surface area contributed by atoms with Gasteiger partial charge in [-0.25, -0.2) is 4.98 Å². The van der Waals surface area contributed by atoms with Gasteiger partial charge in [-0.2, -0.15) is 0 Å². The van der Waals surface area contributed by atoms with E-state index >= 15 is 0 Å². The van der Waals surface area contributed by atoms with Gasteiger partial charge in [-0.15, -0.1) is 0 Å². The van der Waals surface area contributed by atoms with E-state index in [2.05, 4.69) is 69.6 Å². The summed E-state index contributed by atoms with van der Waals surface area (Å²) in [6.07, 6.45) is 18.0. The zero-order chi connectivity index (χ0) is 21.1. The molecular formula is C27H44N2. The minimum atomic E-state index is 0.204. The van der Waals surface area contributed by atoms with Crippen LogP contribution >= 0.6 is 0 Å². The van der Waals surface area contributed by atoms with E-state index in [1.165, 1.54) is 81.2 Å².